The van der Waals surface area contributed by atoms with Crippen molar-refractivity contribution in [2.24, 2.45) is 0 Å². The lowest BCUT2D eigenvalue weighted by atomic mass is 10.1. The van der Waals surface area contributed by atoms with Crippen LogP contribution in [-0.4, -0.2) is 40.7 Å². The van der Waals surface area contributed by atoms with Crippen LogP contribution in [0.15, 0.2) is 24.4 Å². The van der Waals surface area contributed by atoms with E-state index in [-0.39, 0.29) is 22.0 Å². The third-order valence-electron chi connectivity index (χ3n) is 4.96. The summed E-state index contributed by atoms with van der Waals surface area (Å²) in [4.78, 5) is 16.7. The third kappa shape index (κ3) is 4.86. The van der Waals surface area contributed by atoms with E-state index < -0.39 is 15.8 Å². The van der Waals surface area contributed by atoms with Crippen molar-refractivity contribution in [3.63, 3.8) is 0 Å². The van der Waals surface area contributed by atoms with E-state index in [4.69, 9.17) is 16.6 Å². The van der Waals surface area contributed by atoms with Crippen LogP contribution in [0.1, 0.15) is 44.9 Å². The molecule has 2 heterocycles. The second-order valence-electron chi connectivity index (χ2n) is 7.65. The Labute approximate surface area is 191 Å². The van der Waals surface area contributed by atoms with Crippen LogP contribution in [0.5, 0.6) is 0 Å². The highest BCUT2D eigenvalue weighted by Gasteiger charge is 2.30. The predicted molar refractivity (Wildman–Crippen MR) is 124 cm³/mol. The standard InChI is InChI=1S/C21H24ClFN6O2S/c1-3-9-32(30,31)29-16-11-13(23)10-14(17(16)22)18-19(28-20(27-18)12-5-6-12)15-7-8-25-21(26-15)24-4-2/h7-8,10-12,29H,3-6,9H2,1-2H3,(H,27,28)(H,24,25,26). The van der Waals surface area contributed by atoms with Crippen LogP contribution < -0.4 is 10.0 Å². The molecule has 2 aromatic heterocycles. The number of H-pyrrole nitrogens is 1. The molecule has 0 unspecified atom stereocenters. The number of halogens is 2. The van der Waals surface area contributed by atoms with Gasteiger partial charge in [-0.05, 0) is 44.4 Å². The highest BCUT2D eigenvalue weighted by molar-refractivity contribution is 7.92. The first-order valence-corrected chi connectivity index (χ1v) is 12.5. The summed E-state index contributed by atoms with van der Waals surface area (Å²) in [5.74, 6) is 0.802. The number of aromatic nitrogens is 4. The van der Waals surface area contributed by atoms with Crippen molar-refractivity contribution in [1.29, 1.82) is 0 Å². The molecular weight excluding hydrogens is 455 g/mol. The molecule has 11 heteroatoms. The Bertz CT molecular complexity index is 1240. The molecule has 32 heavy (non-hydrogen) atoms. The Morgan fingerprint density at radius 3 is 2.72 bits per heavy atom. The first-order valence-electron chi connectivity index (χ1n) is 10.5. The van der Waals surface area contributed by atoms with Crippen molar-refractivity contribution in [2.45, 2.75) is 39.0 Å². The van der Waals surface area contributed by atoms with E-state index in [1.165, 1.54) is 6.07 Å². The minimum Gasteiger partial charge on any atom is -0.354 e. The second kappa shape index (κ2) is 9.03. The van der Waals surface area contributed by atoms with E-state index in [2.05, 4.69) is 25.0 Å². The van der Waals surface area contributed by atoms with Gasteiger partial charge in [0.25, 0.3) is 0 Å². The number of benzene rings is 1. The fraction of sp³-hybridized carbons (Fsp3) is 0.381. The molecule has 170 valence electrons. The average molecular weight is 479 g/mol. The molecular formula is C21H24ClFN6O2S. The van der Waals surface area contributed by atoms with Crippen molar-refractivity contribution in [3.05, 3.63) is 41.1 Å². The molecule has 0 saturated heterocycles. The van der Waals surface area contributed by atoms with Gasteiger partial charge in [-0.2, -0.15) is 0 Å². The molecule has 1 fully saturated rings. The number of imidazole rings is 1. The lowest BCUT2D eigenvalue weighted by Gasteiger charge is -2.13. The predicted octanol–water partition coefficient (Wildman–Crippen LogP) is 4.79. The molecule has 4 rings (SSSR count). The van der Waals surface area contributed by atoms with Gasteiger partial charge in [-0.25, -0.2) is 27.8 Å². The molecule has 1 aliphatic rings. The van der Waals surface area contributed by atoms with Gasteiger partial charge in [-0.3, -0.25) is 4.72 Å². The molecule has 0 spiro atoms. The van der Waals surface area contributed by atoms with Gasteiger partial charge in [0.15, 0.2) is 0 Å². The average Bonchev–Trinajstić information content (AvgIpc) is 3.49. The zero-order valence-electron chi connectivity index (χ0n) is 17.7. The smallest absolute Gasteiger partial charge is 0.232 e. The Morgan fingerprint density at radius 1 is 1.25 bits per heavy atom. The first-order chi connectivity index (χ1) is 15.3. The van der Waals surface area contributed by atoms with E-state index >= 15 is 0 Å². The summed E-state index contributed by atoms with van der Waals surface area (Å²) < 4.78 is 41.5. The molecule has 8 nitrogen and oxygen atoms in total. The number of nitrogens with one attached hydrogen (secondary N) is 3. The minimum absolute atomic E-state index is 0.0203. The van der Waals surface area contributed by atoms with Crippen molar-refractivity contribution < 1.29 is 12.8 Å². The van der Waals surface area contributed by atoms with Crippen molar-refractivity contribution in [1.82, 2.24) is 19.9 Å². The molecule has 3 aromatic rings. The monoisotopic (exact) mass is 478 g/mol. The molecule has 0 amide bonds. The van der Waals surface area contributed by atoms with Gasteiger partial charge in [0.05, 0.1) is 33.5 Å². The number of aromatic amines is 1. The molecule has 1 aliphatic carbocycles. The van der Waals surface area contributed by atoms with Crippen LogP contribution in [0.2, 0.25) is 5.02 Å². The van der Waals surface area contributed by atoms with Gasteiger partial charge < -0.3 is 10.3 Å². The Balaban J connectivity index is 1.84. The van der Waals surface area contributed by atoms with Gasteiger partial charge >= 0.3 is 0 Å². The number of hydrogen-bond acceptors (Lipinski definition) is 6. The SMILES string of the molecule is CCCS(=O)(=O)Nc1cc(F)cc(-c2nc(C3CC3)[nH]c2-c2ccnc(NCC)n2)c1Cl. The first kappa shape index (κ1) is 22.5. The van der Waals surface area contributed by atoms with E-state index in [0.29, 0.717) is 41.9 Å². The lowest BCUT2D eigenvalue weighted by molar-refractivity contribution is 0.599. The van der Waals surface area contributed by atoms with Crippen LogP contribution in [0.3, 0.4) is 0 Å². The van der Waals surface area contributed by atoms with Crippen LogP contribution in [0.4, 0.5) is 16.0 Å². The third-order valence-corrected chi connectivity index (χ3v) is 6.85. The van der Waals surface area contributed by atoms with Crippen LogP contribution in [0.25, 0.3) is 22.6 Å². The van der Waals surface area contributed by atoms with E-state index in [9.17, 15) is 12.8 Å². The van der Waals surface area contributed by atoms with E-state index in [1.807, 2.05) is 6.92 Å². The van der Waals surface area contributed by atoms with Crippen molar-refractivity contribution >= 4 is 33.3 Å². The van der Waals surface area contributed by atoms with Crippen LogP contribution in [0, 0.1) is 5.82 Å². The minimum atomic E-state index is -3.65. The molecule has 0 bridgehead atoms. The zero-order chi connectivity index (χ0) is 22.9. The maximum atomic E-state index is 14.6. The summed E-state index contributed by atoms with van der Waals surface area (Å²) in [6.07, 6.45) is 4.07. The summed E-state index contributed by atoms with van der Waals surface area (Å²) >= 11 is 6.57. The van der Waals surface area contributed by atoms with Gasteiger partial charge in [0, 0.05) is 24.2 Å². The summed E-state index contributed by atoms with van der Waals surface area (Å²) in [6, 6.07) is 4.05. The van der Waals surface area contributed by atoms with Crippen molar-refractivity contribution in [3.8, 4) is 22.6 Å². The Hall–Kier alpha value is -2.72. The molecule has 1 aromatic carbocycles. The largest absolute Gasteiger partial charge is 0.354 e. The summed E-state index contributed by atoms with van der Waals surface area (Å²) in [5, 5.41) is 3.14. The summed E-state index contributed by atoms with van der Waals surface area (Å²) in [7, 11) is -3.65. The summed E-state index contributed by atoms with van der Waals surface area (Å²) in [6.45, 7) is 4.34. The van der Waals surface area contributed by atoms with Gasteiger partial charge in [0.2, 0.25) is 16.0 Å². The topological polar surface area (TPSA) is 113 Å². The lowest BCUT2D eigenvalue weighted by Crippen LogP contribution is -2.16. The molecule has 0 atom stereocenters. The van der Waals surface area contributed by atoms with E-state index in [1.54, 1.807) is 19.2 Å². The fourth-order valence-corrected chi connectivity index (χ4v) is 4.82. The number of anilines is 2. The molecule has 0 aliphatic heterocycles. The maximum absolute atomic E-state index is 14.6. The number of nitrogens with zero attached hydrogens (tertiary/aromatic N) is 3. The van der Waals surface area contributed by atoms with E-state index in [0.717, 1.165) is 24.7 Å². The Morgan fingerprint density at radius 2 is 2.03 bits per heavy atom. The van der Waals surface area contributed by atoms with Gasteiger partial charge in [-0.15, -0.1) is 0 Å². The number of rotatable bonds is 9. The second-order valence-corrected chi connectivity index (χ2v) is 9.87. The molecule has 3 N–H and O–H groups in total. The molecule has 1 saturated carbocycles. The van der Waals surface area contributed by atoms with Gasteiger partial charge in [-0.1, -0.05) is 18.5 Å². The zero-order valence-corrected chi connectivity index (χ0v) is 19.3. The van der Waals surface area contributed by atoms with Gasteiger partial charge in [0.1, 0.15) is 11.6 Å². The normalized spacial score (nSPS) is 13.9. The van der Waals surface area contributed by atoms with Crippen LogP contribution in [-0.2, 0) is 10.0 Å². The van der Waals surface area contributed by atoms with Crippen molar-refractivity contribution in [2.75, 3.05) is 22.3 Å². The highest BCUT2D eigenvalue weighted by atomic mass is 35.5. The maximum Gasteiger partial charge on any atom is 0.232 e. The Kier molecular flexibility index (Phi) is 6.34. The number of hydrogen-bond donors (Lipinski definition) is 3. The quantitative estimate of drug-likeness (QED) is 0.407. The van der Waals surface area contributed by atoms with Crippen LogP contribution >= 0.6 is 11.6 Å². The molecule has 0 radical (unpaired) electrons. The summed E-state index contributed by atoms with van der Waals surface area (Å²) in [5.41, 5.74) is 1.81. The highest BCUT2D eigenvalue weighted by Crippen LogP contribution is 2.44. The fourth-order valence-electron chi connectivity index (χ4n) is 3.39. The number of sulfonamides is 1.